The first kappa shape index (κ1) is 24.0. The number of β-lactam (4-membered cyclic amide) rings is 1. The van der Waals surface area contributed by atoms with Crippen molar-refractivity contribution >= 4 is 69.2 Å². The normalized spacial score (nSPS) is 20.4. The average Bonchev–Trinajstić information content (AvgIpc) is 3.22. The minimum Gasteiger partial charge on any atom is -0.477 e. The van der Waals surface area contributed by atoms with Gasteiger partial charge in [0, 0.05) is 18.2 Å². The van der Waals surface area contributed by atoms with E-state index in [0.717, 1.165) is 16.2 Å². The van der Waals surface area contributed by atoms with Crippen molar-refractivity contribution in [1.82, 2.24) is 15.2 Å². The second-order valence-electron chi connectivity index (χ2n) is 6.39. The van der Waals surface area contributed by atoms with Gasteiger partial charge in [0.2, 0.25) is 5.91 Å². The number of carboxylic acid groups (broad SMARTS) is 1. The molecule has 1 unspecified atom stereocenters. The van der Waals surface area contributed by atoms with Gasteiger partial charge in [0.15, 0.2) is 10.8 Å². The van der Waals surface area contributed by atoms with Gasteiger partial charge in [0.25, 0.3) is 11.8 Å². The van der Waals surface area contributed by atoms with E-state index in [0.29, 0.717) is 11.3 Å². The molecule has 3 rings (SSSR count). The van der Waals surface area contributed by atoms with Crippen LogP contribution in [0.25, 0.3) is 0 Å². The van der Waals surface area contributed by atoms with E-state index in [4.69, 9.17) is 21.2 Å². The fourth-order valence-electron chi connectivity index (χ4n) is 3.07. The minimum atomic E-state index is -1.24. The van der Waals surface area contributed by atoms with Crippen molar-refractivity contribution in [2.45, 2.75) is 11.4 Å². The zero-order valence-corrected chi connectivity index (χ0v) is 19.2. The van der Waals surface area contributed by atoms with Gasteiger partial charge >= 0.3 is 5.97 Å². The summed E-state index contributed by atoms with van der Waals surface area (Å²) in [5, 5.41) is 19.4. The predicted octanol–water partition coefficient (Wildman–Crippen LogP) is 0.0559. The molecule has 3 N–H and O–H groups in total. The van der Waals surface area contributed by atoms with Gasteiger partial charge in [0.05, 0.1) is 6.61 Å². The molecule has 1 aromatic rings. The van der Waals surface area contributed by atoms with Gasteiger partial charge in [-0.2, -0.15) is 0 Å². The quantitative estimate of drug-likeness (QED) is 0.183. The van der Waals surface area contributed by atoms with Crippen LogP contribution >= 0.6 is 34.7 Å². The summed E-state index contributed by atoms with van der Waals surface area (Å²) in [4.78, 5) is 58.6. The van der Waals surface area contributed by atoms with Crippen LogP contribution in [0.4, 0.5) is 5.13 Å². The van der Waals surface area contributed by atoms with Crippen molar-refractivity contribution in [3.8, 4) is 0 Å². The highest BCUT2D eigenvalue weighted by molar-refractivity contribution is 8.00. The number of aliphatic carboxylic acids is 1. The number of rotatable bonds is 9. The maximum Gasteiger partial charge on any atom is 0.352 e. The topological polar surface area (TPSA) is 160 Å². The maximum absolute atomic E-state index is 12.8. The molecule has 2 atom stereocenters. The molecule has 1 saturated heterocycles. The summed E-state index contributed by atoms with van der Waals surface area (Å²) >= 11 is 7.81. The number of hydrogen-bond acceptors (Lipinski definition) is 10. The molecule has 3 amide bonds. The van der Waals surface area contributed by atoms with Crippen LogP contribution in [0.2, 0.25) is 0 Å². The highest BCUT2D eigenvalue weighted by atomic mass is 35.5. The Morgan fingerprint density at radius 1 is 1.41 bits per heavy atom. The number of aromatic nitrogens is 1. The maximum atomic E-state index is 12.8. The lowest BCUT2D eigenvalue weighted by Gasteiger charge is -2.49. The minimum absolute atomic E-state index is 0.0826. The highest BCUT2D eigenvalue weighted by Gasteiger charge is 2.54. The third-order valence-electron chi connectivity index (χ3n) is 4.37. The molecular weight excluding hydrogens is 486 g/mol. The number of thiazole rings is 1. The Morgan fingerprint density at radius 3 is 2.78 bits per heavy atom. The Labute approximate surface area is 195 Å². The number of hydrogen-bond donors (Lipinski definition) is 3. The van der Waals surface area contributed by atoms with Crippen LogP contribution in [-0.4, -0.2) is 88.3 Å². The molecule has 0 aromatic carbocycles. The number of nitrogens with zero attached hydrogens (tertiary/aromatic N) is 3. The number of amides is 3. The number of thioether (sulfide) groups is 1. The van der Waals surface area contributed by atoms with E-state index in [9.17, 15) is 24.3 Å². The van der Waals surface area contributed by atoms with E-state index in [1.54, 1.807) is 0 Å². The molecule has 0 aliphatic carbocycles. The summed E-state index contributed by atoms with van der Waals surface area (Å²) in [5.74, 6) is -2.93. The summed E-state index contributed by atoms with van der Waals surface area (Å²) in [6, 6.07) is -0.956. The van der Waals surface area contributed by atoms with E-state index in [2.05, 4.69) is 20.8 Å². The van der Waals surface area contributed by atoms with Gasteiger partial charge in [-0.25, -0.2) is 9.78 Å². The van der Waals surface area contributed by atoms with E-state index in [-0.39, 0.29) is 34.7 Å². The second kappa shape index (κ2) is 10.3. The third-order valence-corrected chi connectivity index (χ3v) is 6.71. The molecule has 1 aromatic heterocycles. The first-order valence-electron chi connectivity index (χ1n) is 8.95. The number of halogens is 1. The van der Waals surface area contributed by atoms with E-state index in [1.807, 2.05) is 0 Å². The fraction of sp³-hybridized carbons (Fsp3) is 0.412. The Balaban J connectivity index is 1.75. The monoisotopic (exact) mass is 503 g/mol. The lowest BCUT2D eigenvalue weighted by Crippen LogP contribution is -2.71. The van der Waals surface area contributed by atoms with Gasteiger partial charge < -0.3 is 25.3 Å². The number of carboxylic acids is 1. The number of carbonyl (C=O) groups is 4. The molecule has 3 heterocycles. The predicted molar refractivity (Wildman–Crippen MR) is 117 cm³/mol. The lowest BCUT2D eigenvalue weighted by molar-refractivity contribution is -0.150. The molecule has 0 bridgehead atoms. The van der Waals surface area contributed by atoms with Crippen LogP contribution in [0.1, 0.15) is 5.69 Å². The lowest BCUT2D eigenvalue weighted by atomic mass is 10.0. The van der Waals surface area contributed by atoms with Crippen LogP contribution in [-0.2, 0) is 28.8 Å². The molecule has 0 saturated carbocycles. The van der Waals surface area contributed by atoms with Gasteiger partial charge in [-0.1, -0.05) is 5.16 Å². The Morgan fingerprint density at radius 2 is 2.16 bits per heavy atom. The van der Waals surface area contributed by atoms with Gasteiger partial charge in [-0.05, 0) is 5.57 Å². The number of fused-ring (bicyclic) bond motifs is 1. The largest absolute Gasteiger partial charge is 0.477 e. The van der Waals surface area contributed by atoms with E-state index < -0.39 is 35.1 Å². The smallest absolute Gasteiger partial charge is 0.352 e. The number of ether oxygens (including phenoxy) is 1. The Bertz CT molecular complexity index is 1010. The van der Waals surface area contributed by atoms with Crippen LogP contribution in [0.5, 0.6) is 0 Å². The van der Waals surface area contributed by atoms with Crippen molar-refractivity contribution in [2.75, 3.05) is 37.8 Å². The van der Waals surface area contributed by atoms with Gasteiger partial charge in [-0.3, -0.25) is 19.3 Å². The molecule has 32 heavy (non-hydrogen) atoms. The molecule has 12 nitrogen and oxygen atoms in total. The number of anilines is 1. The van der Waals surface area contributed by atoms with Crippen molar-refractivity contribution in [3.63, 3.8) is 0 Å². The van der Waals surface area contributed by atoms with Crippen molar-refractivity contribution in [1.29, 1.82) is 0 Å². The second-order valence-corrected chi connectivity index (χ2v) is 8.62. The summed E-state index contributed by atoms with van der Waals surface area (Å²) in [5.41, 5.74) is 0.259. The molecule has 2 aliphatic rings. The highest BCUT2D eigenvalue weighted by Crippen LogP contribution is 2.40. The SMILES string of the molecule is COCC1=C(C(=O)O)N2C(=O)C(NC(=O)/C(=N\OC)c3csc(NC(=O)CCl)n3)[C@@H]2SC1. The molecule has 0 radical (unpaired) electrons. The Hall–Kier alpha value is -2.68. The zero-order chi connectivity index (χ0) is 23.4. The molecule has 0 spiro atoms. The fourth-order valence-corrected chi connectivity index (χ4v) is 5.17. The van der Waals surface area contributed by atoms with Crippen LogP contribution in [0.15, 0.2) is 21.8 Å². The third kappa shape index (κ3) is 4.72. The number of alkyl halides is 1. The zero-order valence-electron chi connectivity index (χ0n) is 16.8. The molecule has 1 fully saturated rings. The summed E-state index contributed by atoms with van der Waals surface area (Å²) in [6.45, 7) is 0.0826. The van der Waals surface area contributed by atoms with Crippen molar-refractivity contribution in [3.05, 3.63) is 22.3 Å². The summed E-state index contributed by atoms with van der Waals surface area (Å²) in [7, 11) is 2.68. The van der Waals surface area contributed by atoms with Gasteiger partial charge in [-0.15, -0.1) is 34.7 Å². The van der Waals surface area contributed by atoms with Crippen LogP contribution in [0.3, 0.4) is 0 Å². The number of carbonyl (C=O) groups excluding carboxylic acids is 3. The van der Waals surface area contributed by atoms with Crippen LogP contribution < -0.4 is 10.6 Å². The Kier molecular flexibility index (Phi) is 7.71. The van der Waals surface area contributed by atoms with Crippen molar-refractivity contribution in [2.24, 2.45) is 5.16 Å². The molecule has 172 valence electrons. The first-order valence-corrected chi connectivity index (χ1v) is 11.4. The first-order chi connectivity index (χ1) is 15.3. The standard InChI is InChI=1S/C17H18ClN5O7S2/c1-29-4-7-5-31-15-11(14(26)23(15)12(7)16(27)28)21-13(25)10(22-30-2)8-6-32-17(19-8)20-9(24)3-18/h6,11,15H,3-5H2,1-2H3,(H,21,25)(H,27,28)(H,19,20,24)/b22-10-/t11?,15-/m0/s1. The number of nitrogens with one attached hydrogen (secondary N) is 2. The van der Waals surface area contributed by atoms with E-state index >= 15 is 0 Å². The summed E-state index contributed by atoms with van der Waals surface area (Å²) < 4.78 is 5.03. The number of methoxy groups -OCH3 is 1. The van der Waals surface area contributed by atoms with E-state index in [1.165, 1.54) is 31.4 Å². The molecular formula is C17H18ClN5O7S2. The van der Waals surface area contributed by atoms with Crippen molar-refractivity contribution < 1.29 is 33.9 Å². The van der Waals surface area contributed by atoms with Crippen LogP contribution in [0, 0.1) is 0 Å². The number of oxime groups is 1. The molecule has 15 heteroatoms. The van der Waals surface area contributed by atoms with Gasteiger partial charge in [0.1, 0.15) is 35.8 Å². The summed E-state index contributed by atoms with van der Waals surface area (Å²) in [6.07, 6.45) is 0. The molecule has 2 aliphatic heterocycles. The average molecular weight is 504 g/mol.